The van der Waals surface area contributed by atoms with Crippen LogP contribution in [0, 0.1) is 0 Å². The van der Waals surface area contributed by atoms with Gasteiger partial charge < -0.3 is 0 Å². The number of rotatable bonds is 2. The molecule has 3 rings (SSSR count). The van der Waals surface area contributed by atoms with Crippen LogP contribution in [0.5, 0.6) is 0 Å². The number of nitrogens with zero attached hydrogens (tertiary/aromatic N) is 2. The molecule has 21 heavy (non-hydrogen) atoms. The number of fused-ring (bicyclic) bond motifs is 1. The number of aryl methyl sites for hydroxylation is 1. The summed E-state index contributed by atoms with van der Waals surface area (Å²) in [7, 11) is 0. The van der Waals surface area contributed by atoms with E-state index < -0.39 is 0 Å². The molecule has 0 bridgehead atoms. The molecule has 0 atom stereocenters. The van der Waals surface area contributed by atoms with Gasteiger partial charge in [0.05, 0.1) is 10.0 Å². The van der Waals surface area contributed by atoms with Gasteiger partial charge in [-0.05, 0) is 43.4 Å². The molecule has 110 valence electrons. The summed E-state index contributed by atoms with van der Waals surface area (Å²) in [6.07, 6.45) is 6.17. The second-order valence-corrected chi connectivity index (χ2v) is 6.51. The summed E-state index contributed by atoms with van der Waals surface area (Å²) in [5, 5.41) is 1.72. The standard InChI is InChI=1S/C16H15Cl3N2/c17-12-7-6-10(8-13(12)18)9-15-20-14-5-3-1-2-4-11(14)16(19)21-15/h6-8H,1-5,9H2. The lowest BCUT2D eigenvalue weighted by molar-refractivity contribution is 0.708. The minimum absolute atomic E-state index is 0.551. The van der Waals surface area contributed by atoms with Gasteiger partial charge in [0.1, 0.15) is 11.0 Å². The Bertz CT molecular complexity index is 671. The summed E-state index contributed by atoms with van der Waals surface area (Å²) in [5.41, 5.74) is 3.28. The van der Waals surface area contributed by atoms with E-state index in [2.05, 4.69) is 4.98 Å². The van der Waals surface area contributed by atoms with Gasteiger partial charge in [-0.1, -0.05) is 47.3 Å². The Kier molecular flexibility index (Phi) is 4.68. The van der Waals surface area contributed by atoms with E-state index in [1.165, 1.54) is 19.3 Å². The van der Waals surface area contributed by atoms with Gasteiger partial charge >= 0.3 is 0 Å². The van der Waals surface area contributed by atoms with E-state index in [4.69, 9.17) is 39.8 Å². The maximum absolute atomic E-state index is 6.34. The molecule has 5 heteroatoms. The van der Waals surface area contributed by atoms with Gasteiger partial charge in [0, 0.05) is 17.7 Å². The van der Waals surface area contributed by atoms with Crippen molar-refractivity contribution in [1.82, 2.24) is 9.97 Å². The van der Waals surface area contributed by atoms with Crippen LogP contribution in [0.25, 0.3) is 0 Å². The molecule has 1 aliphatic rings. The predicted molar refractivity (Wildman–Crippen MR) is 87.6 cm³/mol. The normalized spacial score (nSPS) is 14.6. The fraction of sp³-hybridized carbons (Fsp3) is 0.375. The molecule has 1 aromatic heterocycles. The zero-order valence-corrected chi connectivity index (χ0v) is 13.8. The average molecular weight is 342 g/mol. The van der Waals surface area contributed by atoms with Gasteiger partial charge in [-0.3, -0.25) is 0 Å². The predicted octanol–water partition coefficient (Wildman–Crippen LogP) is 5.30. The zero-order chi connectivity index (χ0) is 14.8. The molecule has 0 spiro atoms. The maximum Gasteiger partial charge on any atom is 0.136 e. The number of benzene rings is 1. The number of halogens is 3. The van der Waals surface area contributed by atoms with Crippen molar-refractivity contribution in [3.8, 4) is 0 Å². The second-order valence-electron chi connectivity index (χ2n) is 5.34. The van der Waals surface area contributed by atoms with Crippen molar-refractivity contribution >= 4 is 34.8 Å². The first-order valence-corrected chi connectivity index (χ1v) is 8.25. The minimum Gasteiger partial charge on any atom is -0.237 e. The van der Waals surface area contributed by atoms with E-state index in [1.807, 2.05) is 12.1 Å². The molecule has 0 N–H and O–H groups in total. The van der Waals surface area contributed by atoms with Crippen LogP contribution in [0.3, 0.4) is 0 Å². The lowest BCUT2D eigenvalue weighted by atomic mass is 10.1. The largest absolute Gasteiger partial charge is 0.237 e. The van der Waals surface area contributed by atoms with Gasteiger partial charge in [0.25, 0.3) is 0 Å². The monoisotopic (exact) mass is 340 g/mol. The molecule has 2 aromatic rings. The van der Waals surface area contributed by atoms with Crippen molar-refractivity contribution < 1.29 is 0 Å². The van der Waals surface area contributed by atoms with E-state index in [1.54, 1.807) is 6.07 Å². The number of hydrogen-bond acceptors (Lipinski definition) is 2. The van der Waals surface area contributed by atoms with Gasteiger partial charge in [0.2, 0.25) is 0 Å². The molecule has 1 aliphatic carbocycles. The molecule has 0 saturated heterocycles. The lowest BCUT2D eigenvalue weighted by Gasteiger charge is -2.10. The summed E-state index contributed by atoms with van der Waals surface area (Å²) < 4.78 is 0. The highest BCUT2D eigenvalue weighted by Gasteiger charge is 2.15. The topological polar surface area (TPSA) is 25.8 Å². The smallest absolute Gasteiger partial charge is 0.136 e. The van der Waals surface area contributed by atoms with Crippen LogP contribution in [0.4, 0.5) is 0 Å². The fourth-order valence-corrected chi connectivity index (χ4v) is 3.31. The zero-order valence-electron chi connectivity index (χ0n) is 11.5. The SMILES string of the molecule is Clc1ccc(Cc2nc(Cl)c3c(n2)CCCCC3)cc1Cl. The molecule has 0 amide bonds. The molecule has 0 fully saturated rings. The molecule has 1 aromatic carbocycles. The summed E-state index contributed by atoms with van der Waals surface area (Å²) in [6.45, 7) is 0. The van der Waals surface area contributed by atoms with Crippen LogP contribution in [-0.2, 0) is 19.3 Å². The Labute approximate surface area is 139 Å². The Morgan fingerprint density at radius 1 is 0.905 bits per heavy atom. The molecule has 0 aliphatic heterocycles. The molecular formula is C16H15Cl3N2. The Morgan fingerprint density at radius 3 is 2.52 bits per heavy atom. The third-order valence-corrected chi connectivity index (χ3v) is 4.83. The Hall–Kier alpha value is -0.830. The minimum atomic E-state index is 0.551. The molecule has 0 radical (unpaired) electrons. The van der Waals surface area contributed by atoms with Crippen molar-refractivity contribution in [3.63, 3.8) is 0 Å². The van der Waals surface area contributed by atoms with Crippen LogP contribution in [0.1, 0.15) is 41.9 Å². The third-order valence-electron chi connectivity index (χ3n) is 3.78. The van der Waals surface area contributed by atoms with E-state index in [9.17, 15) is 0 Å². The van der Waals surface area contributed by atoms with Crippen LogP contribution in [0.2, 0.25) is 15.2 Å². The molecule has 1 heterocycles. The summed E-state index contributed by atoms with van der Waals surface area (Å²) in [6, 6.07) is 5.59. The molecular weight excluding hydrogens is 327 g/mol. The number of hydrogen-bond donors (Lipinski definition) is 0. The van der Waals surface area contributed by atoms with Crippen LogP contribution < -0.4 is 0 Å². The fourth-order valence-electron chi connectivity index (χ4n) is 2.68. The summed E-state index contributed by atoms with van der Waals surface area (Å²) in [4.78, 5) is 9.16. The van der Waals surface area contributed by atoms with Crippen molar-refractivity contribution in [2.45, 2.75) is 38.5 Å². The first kappa shape index (κ1) is 15.1. The third kappa shape index (κ3) is 3.50. The quantitative estimate of drug-likeness (QED) is 0.547. The summed E-state index contributed by atoms with van der Waals surface area (Å²) >= 11 is 18.3. The highest BCUT2D eigenvalue weighted by Crippen LogP contribution is 2.26. The maximum atomic E-state index is 6.34. The first-order valence-electron chi connectivity index (χ1n) is 7.11. The van der Waals surface area contributed by atoms with Crippen molar-refractivity contribution in [3.05, 3.63) is 56.0 Å². The van der Waals surface area contributed by atoms with Crippen molar-refractivity contribution in [1.29, 1.82) is 0 Å². The molecule has 0 saturated carbocycles. The summed E-state index contributed by atoms with van der Waals surface area (Å²) in [5.74, 6) is 0.749. The van der Waals surface area contributed by atoms with Gasteiger partial charge in [0.15, 0.2) is 0 Å². The van der Waals surface area contributed by atoms with Crippen LogP contribution in [-0.4, -0.2) is 9.97 Å². The van der Waals surface area contributed by atoms with E-state index in [0.717, 1.165) is 35.5 Å². The second kappa shape index (κ2) is 6.51. The first-order chi connectivity index (χ1) is 10.1. The van der Waals surface area contributed by atoms with E-state index in [0.29, 0.717) is 21.6 Å². The molecule has 0 unspecified atom stereocenters. The van der Waals surface area contributed by atoms with E-state index >= 15 is 0 Å². The highest BCUT2D eigenvalue weighted by molar-refractivity contribution is 6.42. The average Bonchev–Trinajstić information content (AvgIpc) is 2.69. The Balaban J connectivity index is 1.90. The van der Waals surface area contributed by atoms with Gasteiger partial charge in [-0.15, -0.1) is 0 Å². The van der Waals surface area contributed by atoms with Crippen LogP contribution in [0.15, 0.2) is 18.2 Å². The van der Waals surface area contributed by atoms with Crippen molar-refractivity contribution in [2.75, 3.05) is 0 Å². The highest BCUT2D eigenvalue weighted by atomic mass is 35.5. The van der Waals surface area contributed by atoms with Crippen LogP contribution >= 0.6 is 34.8 Å². The Morgan fingerprint density at radius 2 is 1.71 bits per heavy atom. The number of aromatic nitrogens is 2. The van der Waals surface area contributed by atoms with E-state index in [-0.39, 0.29) is 0 Å². The van der Waals surface area contributed by atoms with Crippen molar-refractivity contribution in [2.24, 2.45) is 0 Å². The molecule has 2 nitrogen and oxygen atoms in total. The van der Waals surface area contributed by atoms with Gasteiger partial charge in [-0.25, -0.2) is 9.97 Å². The lowest BCUT2D eigenvalue weighted by Crippen LogP contribution is -2.05. The van der Waals surface area contributed by atoms with Gasteiger partial charge in [-0.2, -0.15) is 0 Å².